The summed E-state index contributed by atoms with van der Waals surface area (Å²) in [5, 5.41) is 13.8. The summed E-state index contributed by atoms with van der Waals surface area (Å²) in [6.45, 7) is 3.85. The Morgan fingerprint density at radius 2 is 2.06 bits per heavy atom. The van der Waals surface area contributed by atoms with Crippen LogP contribution in [0.5, 0.6) is 0 Å². The summed E-state index contributed by atoms with van der Waals surface area (Å²) in [5.41, 5.74) is 2.18. The molecule has 0 heterocycles. The van der Waals surface area contributed by atoms with Gasteiger partial charge in [-0.15, -0.1) is 0 Å². The fourth-order valence-electron chi connectivity index (χ4n) is 2.43. The van der Waals surface area contributed by atoms with E-state index in [-0.39, 0.29) is 0 Å². The normalized spacial score (nSPS) is 24.1. The van der Waals surface area contributed by atoms with Crippen molar-refractivity contribution < 1.29 is 5.11 Å². The number of aryl methyl sites for hydroxylation is 1. The maximum Gasteiger partial charge on any atom is 0.0814 e. The predicted octanol–water partition coefficient (Wildman–Crippen LogP) is 1.91. The summed E-state index contributed by atoms with van der Waals surface area (Å²) in [4.78, 5) is 0. The highest BCUT2D eigenvalue weighted by Gasteiger charge is 2.31. The van der Waals surface area contributed by atoms with Crippen molar-refractivity contribution in [3.63, 3.8) is 0 Å². The minimum absolute atomic E-state index is 0.538. The van der Waals surface area contributed by atoms with Crippen LogP contribution in [0.1, 0.15) is 30.9 Å². The zero-order chi connectivity index (χ0) is 11.4. The molecule has 1 aliphatic rings. The zero-order valence-electron chi connectivity index (χ0n) is 10.00. The van der Waals surface area contributed by atoms with E-state index >= 15 is 0 Å². The molecule has 0 saturated carbocycles. The highest BCUT2D eigenvalue weighted by Crippen LogP contribution is 2.28. The molecule has 0 aromatic heterocycles. The van der Waals surface area contributed by atoms with Crippen LogP contribution in [0.15, 0.2) is 24.3 Å². The van der Waals surface area contributed by atoms with Gasteiger partial charge >= 0.3 is 0 Å². The Balaban J connectivity index is 2.00. The first-order valence-electron chi connectivity index (χ1n) is 6.23. The molecule has 0 spiro atoms. The van der Waals surface area contributed by atoms with Gasteiger partial charge in [0.05, 0.1) is 5.60 Å². The van der Waals surface area contributed by atoms with E-state index in [1.54, 1.807) is 0 Å². The molecule has 0 fully saturated rings. The Morgan fingerprint density at radius 3 is 2.81 bits per heavy atom. The minimum atomic E-state index is -0.538. The van der Waals surface area contributed by atoms with Crippen LogP contribution in [0, 0.1) is 0 Å². The van der Waals surface area contributed by atoms with Crippen LogP contribution in [0.25, 0.3) is 0 Å². The second-order valence-corrected chi connectivity index (χ2v) is 4.85. The lowest BCUT2D eigenvalue weighted by atomic mass is 9.80. The summed E-state index contributed by atoms with van der Waals surface area (Å²) in [6.07, 6.45) is 3.79. The molecule has 0 bridgehead atoms. The molecule has 0 radical (unpaired) electrons. The van der Waals surface area contributed by atoms with Crippen LogP contribution in [0.4, 0.5) is 0 Å². The van der Waals surface area contributed by atoms with Gasteiger partial charge in [-0.25, -0.2) is 0 Å². The number of hydrogen-bond acceptors (Lipinski definition) is 2. The lowest BCUT2D eigenvalue weighted by Gasteiger charge is -2.33. The maximum absolute atomic E-state index is 10.5. The third kappa shape index (κ3) is 2.63. The number of rotatable bonds is 4. The van der Waals surface area contributed by atoms with Crippen LogP contribution in [0.2, 0.25) is 0 Å². The molecule has 0 amide bonds. The highest BCUT2D eigenvalue weighted by molar-refractivity contribution is 5.31. The van der Waals surface area contributed by atoms with Crippen molar-refractivity contribution in [1.29, 1.82) is 0 Å². The molecule has 2 rings (SSSR count). The fraction of sp³-hybridized carbons (Fsp3) is 0.571. The SMILES string of the molecule is CCCNCC1(O)CCc2ccccc2C1. The number of benzene rings is 1. The molecule has 16 heavy (non-hydrogen) atoms. The Bertz CT molecular complexity index is 350. The second kappa shape index (κ2) is 4.98. The predicted molar refractivity (Wildman–Crippen MR) is 66.6 cm³/mol. The molecule has 88 valence electrons. The molecule has 1 unspecified atom stereocenters. The van der Waals surface area contributed by atoms with Crippen LogP contribution >= 0.6 is 0 Å². The van der Waals surface area contributed by atoms with Gasteiger partial charge in [-0.1, -0.05) is 31.2 Å². The smallest absolute Gasteiger partial charge is 0.0814 e. The van der Waals surface area contributed by atoms with Gasteiger partial charge in [0, 0.05) is 13.0 Å². The summed E-state index contributed by atoms with van der Waals surface area (Å²) in [6, 6.07) is 8.45. The molecular formula is C14H21NO. The molecule has 2 nitrogen and oxygen atoms in total. The lowest BCUT2D eigenvalue weighted by Crippen LogP contribution is -2.45. The second-order valence-electron chi connectivity index (χ2n) is 4.85. The molecule has 1 aliphatic carbocycles. The van der Waals surface area contributed by atoms with Crippen molar-refractivity contribution in [3.8, 4) is 0 Å². The van der Waals surface area contributed by atoms with Crippen molar-refractivity contribution in [3.05, 3.63) is 35.4 Å². The number of hydrogen-bond donors (Lipinski definition) is 2. The maximum atomic E-state index is 10.5. The first kappa shape index (κ1) is 11.6. The van der Waals surface area contributed by atoms with Crippen molar-refractivity contribution in [2.24, 2.45) is 0 Å². The summed E-state index contributed by atoms with van der Waals surface area (Å²) >= 11 is 0. The monoisotopic (exact) mass is 219 g/mol. The van der Waals surface area contributed by atoms with Gasteiger partial charge in [0.2, 0.25) is 0 Å². The van der Waals surface area contributed by atoms with E-state index in [4.69, 9.17) is 0 Å². The summed E-state index contributed by atoms with van der Waals surface area (Å²) < 4.78 is 0. The highest BCUT2D eigenvalue weighted by atomic mass is 16.3. The Hall–Kier alpha value is -0.860. The van der Waals surface area contributed by atoms with Gasteiger partial charge in [-0.05, 0) is 36.9 Å². The quantitative estimate of drug-likeness (QED) is 0.758. The molecule has 1 aromatic rings. The topological polar surface area (TPSA) is 32.3 Å². The fourth-order valence-corrected chi connectivity index (χ4v) is 2.43. The number of nitrogens with one attached hydrogen (secondary N) is 1. The van der Waals surface area contributed by atoms with Gasteiger partial charge in [-0.2, -0.15) is 0 Å². The largest absolute Gasteiger partial charge is 0.388 e. The Kier molecular flexibility index (Phi) is 3.62. The van der Waals surface area contributed by atoms with Crippen molar-refractivity contribution in [2.75, 3.05) is 13.1 Å². The van der Waals surface area contributed by atoms with Gasteiger partial charge in [-0.3, -0.25) is 0 Å². The van der Waals surface area contributed by atoms with E-state index in [2.05, 4.69) is 36.5 Å². The average molecular weight is 219 g/mol. The van der Waals surface area contributed by atoms with E-state index in [0.717, 1.165) is 38.8 Å². The molecule has 0 saturated heterocycles. The number of fused-ring (bicyclic) bond motifs is 1. The van der Waals surface area contributed by atoms with Gasteiger partial charge < -0.3 is 10.4 Å². The molecule has 2 heteroatoms. The van der Waals surface area contributed by atoms with E-state index in [9.17, 15) is 5.11 Å². The molecule has 0 aliphatic heterocycles. The molecule has 1 aromatic carbocycles. The molecule has 1 atom stereocenters. The Morgan fingerprint density at radius 1 is 1.31 bits per heavy atom. The van der Waals surface area contributed by atoms with E-state index < -0.39 is 5.60 Å². The third-order valence-corrected chi connectivity index (χ3v) is 3.38. The first-order valence-corrected chi connectivity index (χ1v) is 6.23. The number of aliphatic hydroxyl groups is 1. The van der Waals surface area contributed by atoms with Crippen LogP contribution in [-0.4, -0.2) is 23.8 Å². The average Bonchev–Trinajstić information content (AvgIpc) is 2.29. The van der Waals surface area contributed by atoms with E-state index in [0.29, 0.717) is 0 Å². The van der Waals surface area contributed by atoms with E-state index in [1.807, 2.05) is 0 Å². The Labute approximate surface area is 97.7 Å². The summed E-state index contributed by atoms with van der Waals surface area (Å²) in [7, 11) is 0. The molecular weight excluding hydrogens is 198 g/mol. The first-order chi connectivity index (χ1) is 7.73. The van der Waals surface area contributed by atoms with Gasteiger partial charge in [0.1, 0.15) is 0 Å². The van der Waals surface area contributed by atoms with E-state index in [1.165, 1.54) is 11.1 Å². The lowest BCUT2D eigenvalue weighted by molar-refractivity contribution is 0.0270. The van der Waals surface area contributed by atoms with Gasteiger partial charge in [0.25, 0.3) is 0 Å². The van der Waals surface area contributed by atoms with Gasteiger partial charge in [0.15, 0.2) is 0 Å². The van der Waals surface area contributed by atoms with Crippen LogP contribution < -0.4 is 5.32 Å². The van der Waals surface area contributed by atoms with Crippen molar-refractivity contribution in [1.82, 2.24) is 5.32 Å². The minimum Gasteiger partial charge on any atom is -0.388 e. The molecule has 2 N–H and O–H groups in total. The third-order valence-electron chi connectivity index (χ3n) is 3.38. The zero-order valence-corrected chi connectivity index (χ0v) is 10.00. The van der Waals surface area contributed by atoms with Crippen LogP contribution in [-0.2, 0) is 12.8 Å². The van der Waals surface area contributed by atoms with Crippen LogP contribution in [0.3, 0.4) is 0 Å². The van der Waals surface area contributed by atoms with Crippen molar-refractivity contribution >= 4 is 0 Å². The summed E-state index contributed by atoms with van der Waals surface area (Å²) in [5.74, 6) is 0. The standard InChI is InChI=1S/C14H21NO/c1-2-9-15-11-14(16)8-7-12-5-3-4-6-13(12)10-14/h3-6,15-16H,2,7-11H2,1H3. The van der Waals surface area contributed by atoms with Crippen molar-refractivity contribution in [2.45, 2.75) is 38.2 Å².